The van der Waals surface area contributed by atoms with Crippen LogP contribution in [0.5, 0.6) is 0 Å². The molecule has 0 unspecified atom stereocenters. The minimum absolute atomic E-state index is 0.0621. The molecule has 3 aromatic rings. The minimum atomic E-state index is -4.33. The molecular formula is C24H23F3O. The molecule has 4 heteroatoms. The first-order valence-corrected chi connectivity index (χ1v) is 9.57. The predicted octanol–water partition coefficient (Wildman–Crippen LogP) is 6.95. The number of fused-ring (bicyclic) bond motifs is 1. The molecule has 0 aromatic heterocycles. The number of alkyl halides is 3. The Balaban J connectivity index is 1.77. The zero-order chi connectivity index (χ0) is 19.9. The summed E-state index contributed by atoms with van der Waals surface area (Å²) in [5.74, 6) is -0.103. The molecule has 1 fully saturated rings. The average Bonchev–Trinajstić information content (AvgIpc) is 3.01. The predicted molar refractivity (Wildman–Crippen MR) is 105 cm³/mol. The number of ether oxygens (including phenoxy) is 1. The molecule has 1 nitrogen and oxygen atoms in total. The van der Waals surface area contributed by atoms with Gasteiger partial charge in [0.25, 0.3) is 0 Å². The summed E-state index contributed by atoms with van der Waals surface area (Å²) < 4.78 is 45.3. The van der Waals surface area contributed by atoms with E-state index in [0.717, 1.165) is 34.7 Å². The van der Waals surface area contributed by atoms with Crippen LogP contribution in [-0.4, -0.2) is 11.7 Å². The lowest BCUT2D eigenvalue weighted by atomic mass is 9.84. The van der Waals surface area contributed by atoms with E-state index < -0.39 is 11.7 Å². The Hall–Kier alpha value is -2.33. The monoisotopic (exact) mass is 384 g/mol. The first kappa shape index (κ1) is 19.0. The van der Waals surface area contributed by atoms with Crippen LogP contribution < -0.4 is 0 Å². The molecule has 1 aliphatic heterocycles. The summed E-state index contributed by atoms with van der Waals surface area (Å²) in [6.45, 7) is 4.13. The van der Waals surface area contributed by atoms with Gasteiger partial charge in [0, 0.05) is 5.92 Å². The smallest absolute Gasteiger partial charge is 0.371 e. The van der Waals surface area contributed by atoms with Gasteiger partial charge in [0.05, 0.1) is 17.3 Å². The molecule has 2 atom stereocenters. The van der Waals surface area contributed by atoms with Crippen molar-refractivity contribution in [3.63, 3.8) is 0 Å². The second-order valence-electron chi connectivity index (χ2n) is 8.16. The van der Waals surface area contributed by atoms with Crippen molar-refractivity contribution in [2.75, 3.05) is 0 Å². The Bertz CT molecular complexity index is 973. The van der Waals surface area contributed by atoms with Crippen molar-refractivity contribution >= 4 is 10.8 Å². The number of halogens is 3. The Morgan fingerprint density at radius 1 is 0.893 bits per heavy atom. The van der Waals surface area contributed by atoms with E-state index in [0.29, 0.717) is 0 Å². The maximum absolute atomic E-state index is 13.0. The van der Waals surface area contributed by atoms with Gasteiger partial charge in [-0.1, -0.05) is 54.6 Å². The topological polar surface area (TPSA) is 9.23 Å². The van der Waals surface area contributed by atoms with Gasteiger partial charge in [0.1, 0.15) is 0 Å². The van der Waals surface area contributed by atoms with Gasteiger partial charge in [-0.25, -0.2) is 0 Å². The molecule has 0 bridgehead atoms. The Morgan fingerprint density at radius 3 is 2.14 bits per heavy atom. The highest BCUT2D eigenvalue weighted by Gasteiger charge is 2.38. The summed E-state index contributed by atoms with van der Waals surface area (Å²) in [6.07, 6.45) is -2.58. The molecule has 4 rings (SSSR count). The molecule has 1 saturated heterocycles. The summed E-state index contributed by atoms with van der Waals surface area (Å²) in [6, 6.07) is 19.9. The van der Waals surface area contributed by atoms with E-state index in [1.165, 1.54) is 12.1 Å². The van der Waals surface area contributed by atoms with Crippen LogP contribution in [0.25, 0.3) is 10.8 Å². The molecule has 1 heterocycles. The largest absolute Gasteiger partial charge is 0.416 e. The Labute approximate surface area is 163 Å². The molecule has 0 saturated carbocycles. The molecular weight excluding hydrogens is 361 g/mol. The molecule has 0 aliphatic carbocycles. The zero-order valence-corrected chi connectivity index (χ0v) is 16.0. The zero-order valence-electron chi connectivity index (χ0n) is 16.0. The SMILES string of the molecule is CC1(C)CC[C@@H]([C@H](c2ccc(C(F)(F)F)cc2)c2ccc3ccccc3c2)O1. The van der Waals surface area contributed by atoms with Gasteiger partial charge in [-0.3, -0.25) is 0 Å². The second kappa shape index (κ2) is 6.93. The highest BCUT2D eigenvalue weighted by molar-refractivity contribution is 5.83. The summed E-state index contributed by atoms with van der Waals surface area (Å²) >= 11 is 0. The molecule has 146 valence electrons. The van der Waals surface area contributed by atoms with Crippen LogP contribution in [0.3, 0.4) is 0 Å². The van der Waals surface area contributed by atoms with E-state index >= 15 is 0 Å². The highest BCUT2D eigenvalue weighted by Crippen LogP contribution is 2.42. The summed E-state index contributed by atoms with van der Waals surface area (Å²) in [5.41, 5.74) is 1.08. The van der Waals surface area contributed by atoms with E-state index in [-0.39, 0.29) is 17.6 Å². The fourth-order valence-electron chi connectivity index (χ4n) is 4.15. The van der Waals surface area contributed by atoms with E-state index in [1.54, 1.807) is 12.1 Å². The molecule has 28 heavy (non-hydrogen) atoms. The van der Waals surface area contributed by atoms with Crippen molar-refractivity contribution in [2.24, 2.45) is 0 Å². The van der Waals surface area contributed by atoms with E-state index in [4.69, 9.17) is 4.74 Å². The Morgan fingerprint density at radius 2 is 1.54 bits per heavy atom. The van der Waals surface area contributed by atoms with Crippen molar-refractivity contribution in [1.82, 2.24) is 0 Å². The fraction of sp³-hybridized carbons (Fsp3) is 0.333. The van der Waals surface area contributed by atoms with Crippen molar-refractivity contribution < 1.29 is 17.9 Å². The van der Waals surface area contributed by atoms with Gasteiger partial charge in [0.15, 0.2) is 0 Å². The maximum atomic E-state index is 13.0. The van der Waals surface area contributed by atoms with Gasteiger partial charge in [-0.2, -0.15) is 13.2 Å². The fourth-order valence-corrected chi connectivity index (χ4v) is 4.15. The normalized spacial score (nSPS) is 20.4. The van der Waals surface area contributed by atoms with Gasteiger partial charge >= 0.3 is 6.18 Å². The van der Waals surface area contributed by atoms with Gasteiger partial charge in [-0.05, 0) is 60.7 Å². The maximum Gasteiger partial charge on any atom is 0.416 e. The summed E-state index contributed by atoms with van der Waals surface area (Å²) in [5, 5.41) is 2.26. The van der Waals surface area contributed by atoms with Crippen molar-refractivity contribution in [3.05, 3.63) is 83.4 Å². The van der Waals surface area contributed by atoms with Crippen molar-refractivity contribution in [2.45, 2.75) is 50.5 Å². The summed E-state index contributed by atoms with van der Waals surface area (Å²) in [7, 11) is 0. The lowest BCUT2D eigenvalue weighted by Crippen LogP contribution is -2.25. The third-order valence-electron chi connectivity index (χ3n) is 5.60. The summed E-state index contributed by atoms with van der Waals surface area (Å²) in [4.78, 5) is 0. The second-order valence-corrected chi connectivity index (χ2v) is 8.16. The minimum Gasteiger partial charge on any atom is -0.371 e. The quantitative estimate of drug-likeness (QED) is 0.475. The van der Waals surface area contributed by atoms with E-state index in [1.807, 2.05) is 12.1 Å². The van der Waals surface area contributed by atoms with Crippen LogP contribution in [-0.2, 0) is 10.9 Å². The third-order valence-corrected chi connectivity index (χ3v) is 5.60. The number of hydrogen-bond acceptors (Lipinski definition) is 1. The number of rotatable bonds is 3. The average molecular weight is 384 g/mol. The lowest BCUT2D eigenvalue weighted by molar-refractivity contribution is -0.137. The van der Waals surface area contributed by atoms with Gasteiger partial charge in [-0.15, -0.1) is 0 Å². The van der Waals surface area contributed by atoms with Crippen LogP contribution in [0, 0.1) is 0 Å². The molecule has 3 aromatic carbocycles. The molecule has 1 aliphatic rings. The van der Waals surface area contributed by atoms with Crippen LogP contribution in [0.2, 0.25) is 0 Å². The molecule has 0 N–H and O–H groups in total. The van der Waals surface area contributed by atoms with Crippen molar-refractivity contribution in [1.29, 1.82) is 0 Å². The lowest BCUT2D eigenvalue weighted by Gasteiger charge is -2.27. The Kier molecular flexibility index (Phi) is 4.70. The number of benzene rings is 3. The van der Waals surface area contributed by atoms with Crippen LogP contribution >= 0.6 is 0 Å². The standard InChI is InChI=1S/C24H23F3O/c1-23(2)14-13-21(28-23)22(17-9-11-20(12-10-17)24(25,26)27)19-8-7-16-5-3-4-6-18(16)15-19/h3-12,15,21-22H,13-14H2,1-2H3/t21-,22+/m0/s1. The highest BCUT2D eigenvalue weighted by atomic mass is 19.4. The number of hydrogen-bond donors (Lipinski definition) is 0. The third kappa shape index (κ3) is 3.79. The molecule has 0 spiro atoms. The van der Waals surface area contributed by atoms with Gasteiger partial charge < -0.3 is 4.74 Å². The van der Waals surface area contributed by atoms with Crippen LogP contribution in [0.4, 0.5) is 13.2 Å². The first-order valence-electron chi connectivity index (χ1n) is 9.57. The van der Waals surface area contributed by atoms with E-state index in [2.05, 4.69) is 44.2 Å². The van der Waals surface area contributed by atoms with Crippen LogP contribution in [0.15, 0.2) is 66.7 Å². The van der Waals surface area contributed by atoms with Gasteiger partial charge in [0.2, 0.25) is 0 Å². The molecule has 0 radical (unpaired) electrons. The van der Waals surface area contributed by atoms with E-state index in [9.17, 15) is 13.2 Å². The van der Waals surface area contributed by atoms with Crippen molar-refractivity contribution in [3.8, 4) is 0 Å². The molecule has 0 amide bonds. The first-order chi connectivity index (χ1) is 13.2. The van der Waals surface area contributed by atoms with Crippen LogP contribution in [0.1, 0.15) is 49.3 Å².